The fourth-order valence-electron chi connectivity index (χ4n) is 1.23. The first-order chi connectivity index (χ1) is 7.25. The van der Waals surface area contributed by atoms with Crippen molar-refractivity contribution in [3.63, 3.8) is 0 Å². The molecular formula is C12H11NOS. The monoisotopic (exact) mass is 217 g/mol. The maximum atomic E-state index is 9.62. The summed E-state index contributed by atoms with van der Waals surface area (Å²) < 4.78 is 0. The summed E-state index contributed by atoms with van der Waals surface area (Å²) >= 11 is 1.50. The van der Waals surface area contributed by atoms with Crippen LogP contribution in [-0.2, 0) is 0 Å². The van der Waals surface area contributed by atoms with Gasteiger partial charge in [0.1, 0.15) is 5.75 Å². The van der Waals surface area contributed by atoms with Gasteiger partial charge in [0, 0.05) is 10.6 Å². The number of phenols is 1. The molecule has 0 heterocycles. The van der Waals surface area contributed by atoms with Gasteiger partial charge in [0.25, 0.3) is 0 Å². The number of hydrogen-bond donors (Lipinski definition) is 2. The van der Waals surface area contributed by atoms with Crippen LogP contribution in [0.25, 0.3) is 0 Å². The van der Waals surface area contributed by atoms with Crippen molar-refractivity contribution in [2.75, 3.05) is 5.73 Å². The Bertz CT molecular complexity index is 456. The first-order valence-electron chi connectivity index (χ1n) is 4.57. The van der Waals surface area contributed by atoms with E-state index in [0.717, 1.165) is 9.79 Å². The summed E-state index contributed by atoms with van der Waals surface area (Å²) in [5.74, 6) is 0.262. The van der Waals surface area contributed by atoms with E-state index in [-0.39, 0.29) is 5.75 Å². The smallest absolute Gasteiger partial charge is 0.129 e. The van der Waals surface area contributed by atoms with Crippen LogP contribution >= 0.6 is 11.8 Å². The molecule has 76 valence electrons. The lowest BCUT2D eigenvalue weighted by Gasteiger charge is -2.04. The lowest BCUT2D eigenvalue weighted by atomic mass is 10.3. The Morgan fingerprint density at radius 3 is 2.47 bits per heavy atom. The Balaban J connectivity index is 2.28. The molecule has 0 aromatic heterocycles. The fourth-order valence-corrected chi connectivity index (χ4v) is 2.14. The van der Waals surface area contributed by atoms with Crippen LogP contribution in [0.4, 0.5) is 5.69 Å². The van der Waals surface area contributed by atoms with Crippen LogP contribution in [0.15, 0.2) is 58.3 Å². The van der Waals surface area contributed by atoms with E-state index in [2.05, 4.69) is 0 Å². The molecule has 0 unspecified atom stereocenters. The molecule has 0 saturated carbocycles. The number of anilines is 1. The van der Waals surface area contributed by atoms with E-state index in [9.17, 15) is 5.11 Å². The topological polar surface area (TPSA) is 46.2 Å². The zero-order chi connectivity index (χ0) is 10.7. The number of aromatic hydroxyl groups is 1. The second-order valence-corrected chi connectivity index (χ2v) is 4.26. The first-order valence-corrected chi connectivity index (χ1v) is 5.39. The van der Waals surface area contributed by atoms with Crippen LogP contribution in [0, 0.1) is 0 Å². The van der Waals surface area contributed by atoms with E-state index in [1.54, 1.807) is 18.2 Å². The predicted octanol–water partition coefficient (Wildman–Crippen LogP) is 3.13. The van der Waals surface area contributed by atoms with Crippen molar-refractivity contribution in [1.82, 2.24) is 0 Å². The summed E-state index contributed by atoms with van der Waals surface area (Å²) in [5.41, 5.74) is 6.32. The molecule has 0 aliphatic heterocycles. The third kappa shape index (κ3) is 2.44. The van der Waals surface area contributed by atoms with Crippen LogP contribution in [-0.4, -0.2) is 5.11 Å². The van der Waals surface area contributed by atoms with Gasteiger partial charge in [-0.3, -0.25) is 0 Å². The number of phenolic OH excluding ortho intramolecular Hbond substituents is 1. The van der Waals surface area contributed by atoms with Crippen molar-refractivity contribution >= 4 is 17.4 Å². The Morgan fingerprint density at radius 2 is 1.73 bits per heavy atom. The zero-order valence-corrected chi connectivity index (χ0v) is 8.87. The summed E-state index contributed by atoms with van der Waals surface area (Å²) in [6.45, 7) is 0. The molecule has 0 amide bonds. The van der Waals surface area contributed by atoms with Gasteiger partial charge in [-0.1, -0.05) is 30.0 Å². The standard InChI is InChI=1S/C12H11NOS/c13-9-6-7-11(14)12(8-9)15-10-4-2-1-3-5-10/h1-8,14H,13H2. The summed E-state index contributed by atoms with van der Waals surface area (Å²) in [6.07, 6.45) is 0. The third-order valence-corrected chi connectivity index (χ3v) is 3.01. The van der Waals surface area contributed by atoms with E-state index < -0.39 is 0 Å². The second-order valence-electron chi connectivity index (χ2n) is 3.14. The highest BCUT2D eigenvalue weighted by molar-refractivity contribution is 7.99. The van der Waals surface area contributed by atoms with Gasteiger partial charge in [0.2, 0.25) is 0 Å². The molecule has 2 aromatic rings. The minimum atomic E-state index is 0.262. The third-order valence-electron chi connectivity index (χ3n) is 1.95. The lowest BCUT2D eigenvalue weighted by molar-refractivity contribution is 0.462. The Hall–Kier alpha value is -1.61. The van der Waals surface area contributed by atoms with Gasteiger partial charge in [-0.25, -0.2) is 0 Å². The highest BCUT2D eigenvalue weighted by atomic mass is 32.2. The second kappa shape index (κ2) is 4.28. The van der Waals surface area contributed by atoms with Gasteiger partial charge in [0.05, 0.1) is 4.90 Å². The van der Waals surface area contributed by atoms with Crippen molar-refractivity contribution in [3.8, 4) is 5.75 Å². The van der Waals surface area contributed by atoms with Crippen LogP contribution in [0.2, 0.25) is 0 Å². The van der Waals surface area contributed by atoms with Gasteiger partial charge in [-0.15, -0.1) is 0 Å². The summed E-state index contributed by atoms with van der Waals surface area (Å²) in [4.78, 5) is 1.86. The number of nitrogen functional groups attached to an aromatic ring is 1. The predicted molar refractivity (Wildman–Crippen MR) is 63.1 cm³/mol. The lowest BCUT2D eigenvalue weighted by Crippen LogP contribution is -1.84. The SMILES string of the molecule is Nc1ccc(O)c(Sc2ccccc2)c1. The molecule has 0 bridgehead atoms. The number of hydrogen-bond acceptors (Lipinski definition) is 3. The van der Waals surface area contributed by atoms with Crippen molar-refractivity contribution in [2.45, 2.75) is 9.79 Å². The molecule has 3 N–H and O–H groups in total. The summed E-state index contributed by atoms with van der Waals surface area (Å²) in [6, 6.07) is 14.9. The van der Waals surface area contributed by atoms with Crippen LogP contribution in [0.5, 0.6) is 5.75 Å². The van der Waals surface area contributed by atoms with Crippen molar-refractivity contribution in [3.05, 3.63) is 48.5 Å². The minimum absolute atomic E-state index is 0.262. The van der Waals surface area contributed by atoms with Crippen molar-refractivity contribution in [1.29, 1.82) is 0 Å². The maximum absolute atomic E-state index is 9.62. The quantitative estimate of drug-likeness (QED) is 0.600. The van der Waals surface area contributed by atoms with Crippen LogP contribution in [0.1, 0.15) is 0 Å². The van der Waals surface area contributed by atoms with Gasteiger partial charge >= 0.3 is 0 Å². The number of nitrogens with two attached hydrogens (primary N) is 1. The molecule has 2 rings (SSSR count). The van der Waals surface area contributed by atoms with E-state index in [4.69, 9.17) is 5.73 Å². The fraction of sp³-hybridized carbons (Fsp3) is 0. The Morgan fingerprint density at radius 1 is 1.00 bits per heavy atom. The van der Waals surface area contributed by atoms with Crippen LogP contribution < -0.4 is 5.73 Å². The Labute approximate surface area is 92.7 Å². The van der Waals surface area contributed by atoms with E-state index in [0.29, 0.717) is 5.69 Å². The van der Waals surface area contributed by atoms with Crippen molar-refractivity contribution < 1.29 is 5.11 Å². The molecular weight excluding hydrogens is 206 g/mol. The normalized spacial score (nSPS) is 10.1. The first kappa shape index (κ1) is 9.93. The largest absolute Gasteiger partial charge is 0.507 e. The Kier molecular flexibility index (Phi) is 2.83. The molecule has 0 aliphatic rings. The summed E-state index contributed by atoms with van der Waals surface area (Å²) in [7, 11) is 0. The molecule has 0 fully saturated rings. The number of rotatable bonds is 2. The van der Waals surface area contributed by atoms with Gasteiger partial charge < -0.3 is 10.8 Å². The van der Waals surface area contributed by atoms with Crippen molar-refractivity contribution in [2.24, 2.45) is 0 Å². The van der Waals surface area contributed by atoms with Gasteiger partial charge in [0.15, 0.2) is 0 Å². The van der Waals surface area contributed by atoms with Crippen LogP contribution in [0.3, 0.4) is 0 Å². The molecule has 0 spiro atoms. The highest BCUT2D eigenvalue weighted by Gasteiger charge is 2.03. The molecule has 0 aliphatic carbocycles. The maximum Gasteiger partial charge on any atom is 0.129 e. The average molecular weight is 217 g/mol. The van der Waals surface area contributed by atoms with E-state index in [1.807, 2.05) is 30.3 Å². The van der Waals surface area contributed by atoms with E-state index >= 15 is 0 Å². The van der Waals surface area contributed by atoms with E-state index in [1.165, 1.54) is 11.8 Å². The molecule has 0 atom stereocenters. The average Bonchev–Trinajstić information content (AvgIpc) is 2.25. The molecule has 2 aromatic carbocycles. The molecule has 3 heteroatoms. The highest BCUT2D eigenvalue weighted by Crippen LogP contribution is 2.35. The number of benzene rings is 2. The molecule has 2 nitrogen and oxygen atoms in total. The summed E-state index contributed by atoms with van der Waals surface area (Å²) in [5, 5.41) is 9.62. The zero-order valence-electron chi connectivity index (χ0n) is 8.05. The minimum Gasteiger partial charge on any atom is -0.507 e. The molecule has 15 heavy (non-hydrogen) atoms. The molecule has 0 radical (unpaired) electrons. The van der Waals surface area contributed by atoms with Gasteiger partial charge in [-0.2, -0.15) is 0 Å². The van der Waals surface area contributed by atoms with Gasteiger partial charge in [-0.05, 0) is 30.3 Å². The molecule has 0 saturated heterocycles.